The molecule has 122 valence electrons. The van der Waals surface area contributed by atoms with Gasteiger partial charge in [0.1, 0.15) is 0 Å². The normalized spacial score (nSPS) is 10.8. The SMILES string of the molecule is O=c1c2cc(Cl)cnc2nc(Nc2ccccc2)n1-c1ccccc1. The monoisotopic (exact) mass is 348 g/mol. The summed E-state index contributed by atoms with van der Waals surface area (Å²) in [5.41, 5.74) is 1.65. The minimum Gasteiger partial charge on any atom is -0.325 e. The molecule has 0 saturated carbocycles. The predicted molar refractivity (Wildman–Crippen MR) is 99.9 cm³/mol. The molecule has 4 aromatic rings. The van der Waals surface area contributed by atoms with E-state index in [0.29, 0.717) is 27.7 Å². The second-order valence-corrected chi connectivity index (χ2v) is 5.86. The lowest BCUT2D eigenvalue weighted by atomic mass is 10.3. The largest absolute Gasteiger partial charge is 0.325 e. The van der Waals surface area contributed by atoms with E-state index in [1.54, 1.807) is 6.07 Å². The molecule has 6 heteroatoms. The number of benzene rings is 2. The molecule has 25 heavy (non-hydrogen) atoms. The molecule has 0 aliphatic rings. The summed E-state index contributed by atoms with van der Waals surface area (Å²) < 4.78 is 1.52. The summed E-state index contributed by atoms with van der Waals surface area (Å²) in [6.07, 6.45) is 1.48. The van der Waals surface area contributed by atoms with Gasteiger partial charge in [-0.2, -0.15) is 4.98 Å². The highest BCUT2D eigenvalue weighted by molar-refractivity contribution is 6.31. The Hall–Kier alpha value is -3.18. The van der Waals surface area contributed by atoms with Crippen molar-refractivity contribution in [2.24, 2.45) is 0 Å². The van der Waals surface area contributed by atoms with E-state index in [1.165, 1.54) is 10.8 Å². The maximum absolute atomic E-state index is 13.1. The molecular formula is C19H13ClN4O. The zero-order valence-electron chi connectivity index (χ0n) is 13.1. The quantitative estimate of drug-likeness (QED) is 0.603. The van der Waals surface area contributed by atoms with Crippen LogP contribution >= 0.6 is 11.6 Å². The number of aromatic nitrogens is 3. The van der Waals surface area contributed by atoms with E-state index >= 15 is 0 Å². The van der Waals surface area contributed by atoms with Crippen LogP contribution < -0.4 is 10.9 Å². The molecule has 1 N–H and O–H groups in total. The number of fused-ring (bicyclic) bond motifs is 1. The third-order valence-corrected chi connectivity index (χ3v) is 3.94. The molecule has 0 aliphatic heterocycles. The Bertz CT molecular complexity index is 1090. The van der Waals surface area contributed by atoms with Crippen molar-refractivity contribution in [1.82, 2.24) is 14.5 Å². The lowest BCUT2D eigenvalue weighted by Crippen LogP contribution is -2.23. The number of para-hydroxylation sites is 2. The Morgan fingerprint density at radius 2 is 1.64 bits per heavy atom. The summed E-state index contributed by atoms with van der Waals surface area (Å²) >= 11 is 6.00. The van der Waals surface area contributed by atoms with Crippen molar-refractivity contribution in [3.05, 3.63) is 88.3 Å². The maximum Gasteiger partial charge on any atom is 0.269 e. The minimum atomic E-state index is -0.232. The number of nitrogens with one attached hydrogen (secondary N) is 1. The fraction of sp³-hybridized carbons (Fsp3) is 0. The van der Waals surface area contributed by atoms with Gasteiger partial charge in [0, 0.05) is 11.9 Å². The lowest BCUT2D eigenvalue weighted by molar-refractivity contribution is 0.968. The summed E-state index contributed by atoms with van der Waals surface area (Å²) in [5.74, 6) is 0.393. The molecule has 0 saturated heterocycles. The minimum absolute atomic E-state index is 0.232. The van der Waals surface area contributed by atoms with Gasteiger partial charge in [0.25, 0.3) is 5.56 Å². The number of anilines is 2. The highest BCUT2D eigenvalue weighted by Crippen LogP contribution is 2.20. The second kappa shape index (κ2) is 6.37. The van der Waals surface area contributed by atoms with Crippen LogP contribution in [0.4, 0.5) is 11.6 Å². The van der Waals surface area contributed by atoms with Gasteiger partial charge in [-0.3, -0.25) is 4.79 Å². The lowest BCUT2D eigenvalue weighted by Gasteiger charge is -2.14. The van der Waals surface area contributed by atoms with E-state index in [4.69, 9.17) is 11.6 Å². The topological polar surface area (TPSA) is 59.8 Å². The summed E-state index contributed by atoms with van der Waals surface area (Å²) in [6, 6.07) is 20.5. The summed E-state index contributed by atoms with van der Waals surface area (Å²) in [5, 5.41) is 3.97. The van der Waals surface area contributed by atoms with Crippen LogP contribution in [0.1, 0.15) is 0 Å². The number of hydrogen-bond acceptors (Lipinski definition) is 4. The smallest absolute Gasteiger partial charge is 0.269 e. The van der Waals surface area contributed by atoms with Crippen molar-refractivity contribution in [3.63, 3.8) is 0 Å². The van der Waals surface area contributed by atoms with Crippen LogP contribution in [-0.2, 0) is 0 Å². The van der Waals surface area contributed by atoms with Gasteiger partial charge in [-0.1, -0.05) is 48.0 Å². The van der Waals surface area contributed by atoms with Crippen molar-refractivity contribution in [3.8, 4) is 5.69 Å². The fourth-order valence-corrected chi connectivity index (χ4v) is 2.75. The van der Waals surface area contributed by atoms with Gasteiger partial charge in [-0.15, -0.1) is 0 Å². The van der Waals surface area contributed by atoms with E-state index in [1.807, 2.05) is 60.7 Å². The molecule has 2 aromatic carbocycles. The maximum atomic E-state index is 13.1. The zero-order chi connectivity index (χ0) is 17.2. The van der Waals surface area contributed by atoms with Gasteiger partial charge in [0.15, 0.2) is 5.65 Å². The fourth-order valence-electron chi connectivity index (χ4n) is 2.60. The van der Waals surface area contributed by atoms with Crippen LogP contribution in [0.2, 0.25) is 5.02 Å². The predicted octanol–water partition coefficient (Wildman–Crippen LogP) is 4.18. The molecule has 0 amide bonds. The van der Waals surface area contributed by atoms with Crippen molar-refractivity contribution < 1.29 is 0 Å². The van der Waals surface area contributed by atoms with Gasteiger partial charge in [-0.25, -0.2) is 9.55 Å². The molecule has 2 heterocycles. The number of rotatable bonds is 3. The third-order valence-electron chi connectivity index (χ3n) is 3.73. The number of pyridine rings is 1. The Balaban J connectivity index is 1.99. The van der Waals surface area contributed by atoms with Crippen molar-refractivity contribution in [2.45, 2.75) is 0 Å². The molecule has 0 unspecified atom stereocenters. The molecule has 0 radical (unpaired) electrons. The molecule has 5 nitrogen and oxygen atoms in total. The van der Waals surface area contributed by atoms with E-state index in [-0.39, 0.29) is 5.56 Å². The van der Waals surface area contributed by atoms with E-state index in [2.05, 4.69) is 15.3 Å². The van der Waals surface area contributed by atoms with Crippen molar-refractivity contribution in [2.75, 3.05) is 5.32 Å². The first-order valence-corrected chi connectivity index (χ1v) is 8.06. The third kappa shape index (κ3) is 2.97. The Morgan fingerprint density at radius 1 is 0.960 bits per heavy atom. The summed E-state index contributed by atoms with van der Waals surface area (Å²) in [6.45, 7) is 0. The highest BCUT2D eigenvalue weighted by Gasteiger charge is 2.14. The number of hydrogen-bond donors (Lipinski definition) is 1. The van der Waals surface area contributed by atoms with Crippen molar-refractivity contribution >= 4 is 34.3 Å². The molecular weight excluding hydrogens is 336 g/mol. The highest BCUT2D eigenvalue weighted by atomic mass is 35.5. The Morgan fingerprint density at radius 3 is 2.36 bits per heavy atom. The number of nitrogens with zero attached hydrogens (tertiary/aromatic N) is 3. The van der Waals surface area contributed by atoms with Crippen LogP contribution in [0.5, 0.6) is 0 Å². The average Bonchev–Trinajstić information content (AvgIpc) is 2.64. The van der Waals surface area contributed by atoms with Gasteiger partial charge in [0.2, 0.25) is 5.95 Å². The molecule has 0 aliphatic carbocycles. The van der Waals surface area contributed by atoms with Crippen LogP contribution in [0.15, 0.2) is 77.7 Å². The molecule has 0 atom stereocenters. The first kappa shape index (κ1) is 15.4. The van der Waals surface area contributed by atoms with Gasteiger partial charge in [0.05, 0.1) is 16.1 Å². The Labute approximate surface area is 148 Å². The van der Waals surface area contributed by atoms with Crippen LogP contribution in [0.3, 0.4) is 0 Å². The number of halogens is 1. The molecule has 0 spiro atoms. The summed E-state index contributed by atoms with van der Waals surface area (Å²) in [4.78, 5) is 21.8. The molecule has 4 rings (SSSR count). The second-order valence-electron chi connectivity index (χ2n) is 5.43. The first-order chi connectivity index (χ1) is 12.2. The van der Waals surface area contributed by atoms with E-state index < -0.39 is 0 Å². The average molecular weight is 349 g/mol. The van der Waals surface area contributed by atoms with E-state index in [9.17, 15) is 4.79 Å². The van der Waals surface area contributed by atoms with Crippen molar-refractivity contribution in [1.29, 1.82) is 0 Å². The standard InChI is InChI=1S/C19H13ClN4O/c20-13-11-16-17(21-12-13)23-19(22-14-7-3-1-4-8-14)24(18(16)25)15-9-5-2-6-10-15/h1-12H,(H,21,22,23). The van der Waals surface area contributed by atoms with Crippen LogP contribution in [-0.4, -0.2) is 14.5 Å². The van der Waals surface area contributed by atoms with Crippen LogP contribution in [0, 0.1) is 0 Å². The molecule has 2 aromatic heterocycles. The van der Waals surface area contributed by atoms with Gasteiger partial charge >= 0.3 is 0 Å². The zero-order valence-corrected chi connectivity index (χ0v) is 13.8. The molecule has 0 bridgehead atoms. The Kier molecular flexibility index (Phi) is 3.91. The summed E-state index contributed by atoms with van der Waals surface area (Å²) in [7, 11) is 0. The van der Waals surface area contributed by atoms with Gasteiger partial charge < -0.3 is 5.32 Å². The first-order valence-electron chi connectivity index (χ1n) is 7.68. The van der Waals surface area contributed by atoms with Gasteiger partial charge in [-0.05, 0) is 30.3 Å². The van der Waals surface area contributed by atoms with Crippen LogP contribution in [0.25, 0.3) is 16.7 Å². The molecule has 0 fully saturated rings. The van der Waals surface area contributed by atoms with E-state index in [0.717, 1.165) is 5.69 Å².